The number of carbonyl (C=O) groups excluding carboxylic acids is 2. The van der Waals surface area contributed by atoms with E-state index in [1.165, 1.54) is 0 Å². The van der Waals surface area contributed by atoms with Crippen molar-refractivity contribution in [3.8, 4) is 17.2 Å². The molecule has 0 amide bonds. The van der Waals surface area contributed by atoms with E-state index in [4.69, 9.17) is 28.9 Å². The van der Waals surface area contributed by atoms with Gasteiger partial charge in [-0.3, -0.25) is 4.99 Å². The number of rotatable bonds is 13. The summed E-state index contributed by atoms with van der Waals surface area (Å²) in [5, 5.41) is 0.908. The molecule has 0 aliphatic carbocycles. The Morgan fingerprint density at radius 1 is 0.915 bits per heavy atom. The second-order valence-corrected chi connectivity index (χ2v) is 14.5. The molecule has 0 aliphatic rings. The fourth-order valence-electron chi connectivity index (χ4n) is 5.23. The fourth-order valence-corrected chi connectivity index (χ4v) is 6.33. The van der Waals surface area contributed by atoms with Gasteiger partial charge in [0, 0.05) is 24.3 Å². The number of thiazole rings is 1. The van der Waals surface area contributed by atoms with Gasteiger partial charge in [0.05, 0.1) is 15.8 Å². The van der Waals surface area contributed by atoms with Crippen molar-refractivity contribution in [2.75, 3.05) is 0 Å². The van der Waals surface area contributed by atoms with Crippen LogP contribution in [0, 0.1) is 0 Å². The Labute approximate surface area is 281 Å². The van der Waals surface area contributed by atoms with Crippen LogP contribution in [0.3, 0.4) is 0 Å². The largest absolute Gasteiger partial charge is 0.488 e. The standard InChI is InChI=1S/C38H44N2O6S/c1-10-29(34-40-30-14-12-13-15-32(30)47-34)39-23-26-22-28(45-37(6,7)24-38(8,9)46-33(41)11-2)20-21-31(26)43-35(42)25-16-18-27(19-17-25)44-36(3,4)5/h11-23,29H,2,10,24H2,1,3-9H3/b39-23+. The number of esters is 2. The van der Waals surface area contributed by atoms with Crippen molar-refractivity contribution < 1.29 is 28.5 Å². The quantitative estimate of drug-likeness (QED) is 0.0612. The van der Waals surface area contributed by atoms with Crippen LogP contribution in [0.5, 0.6) is 17.2 Å². The van der Waals surface area contributed by atoms with Crippen LogP contribution < -0.4 is 14.2 Å². The summed E-state index contributed by atoms with van der Waals surface area (Å²) in [4.78, 5) is 34.8. The zero-order valence-corrected chi connectivity index (χ0v) is 29.3. The molecule has 0 aliphatic heterocycles. The highest BCUT2D eigenvalue weighted by Gasteiger charge is 2.33. The first-order valence-corrected chi connectivity index (χ1v) is 16.5. The number of aliphatic imine (C=N–C) groups is 1. The van der Waals surface area contributed by atoms with Crippen molar-refractivity contribution in [1.29, 1.82) is 0 Å². The highest BCUT2D eigenvalue weighted by molar-refractivity contribution is 7.18. The summed E-state index contributed by atoms with van der Waals surface area (Å²) in [6, 6.07) is 19.9. The van der Waals surface area contributed by atoms with Gasteiger partial charge < -0.3 is 18.9 Å². The van der Waals surface area contributed by atoms with E-state index in [2.05, 4.69) is 19.6 Å². The molecule has 3 aromatic carbocycles. The first-order chi connectivity index (χ1) is 22.1. The van der Waals surface area contributed by atoms with Crippen molar-refractivity contribution in [1.82, 2.24) is 4.98 Å². The maximum Gasteiger partial charge on any atom is 0.343 e. The number of hydrogen-bond acceptors (Lipinski definition) is 9. The molecule has 0 N–H and O–H groups in total. The zero-order valence-electron chi connectivity index (χ0n) is 28.5. The predicted octanol–water partition coefficient (Wildman–Crippen LogP) is 9.32. The van der Waals surface area contributed by atoms with Gasteiger partial charge in [0.15, 0.2) is 0 Å². The molecule has 0 saturated heterocycles. The number of fused-ring (bicyclic) bond motifs is 1. The first kappa shape index (κ1) is 35.4. The topological polar surface area (TPSA) is 96.3 Å². The van der Waals surface area contributed by atoms with Crippen molar-refractivity contribution in [3.63, 3.8) is 0 Å². The minimum absolute atomic E-state index is 0.187. The molecular weight excluding hydrogens is 612 g/mol. The summed E-state index contributed by atoms with van der Waals surface area (Å²) in [5.74, 6) is 0.524. The highest BCUT2D eigenvalue weighted by Crippen LogP contribution is 2.33. The molecule has 0 bridgehead atoms. The van der Waals surface area contributed by atoms with E-state index in [1.54, 1.807) is 60.0 Å². The lowest BCUT2D eigenvalue weighted by Gasteiger charge is -2.35. The summed E-state index contributed by atoms with van der Waals surface area (Å²) in [6.45, 7) is 18.9. The summed E-state index contributed by atoms with van der Waals surface area (Å²) in [6.07, 6.45) is 3.99. The number of carbonyl (C=O) groups is 2. The predicted molar refractivity (Wildman–Crippen MR) is 188 cm³/mol. The van der Waals surface area contributed by atoms with Gasteiger partial charge in [0.25, 0.3) is 0 Å². The zero-order chi connectivity index (χ0) is 34.4. The van der Waals surface area contributed by atoms with E-state index in [-0.39, 0.29) is 11.6 Å². The first-order valence-electron chi connectivity index (χ1n) is 15.6. The van der Waals surface area contributed by atoms with E-state index in [0.29, 0.717) is 34.8 Å². The van der Waals surface area contributed by atoms with Crippen LogP contribution in [0.2, 0.25) is 0 Å². The van der Waals surface area contributed by atoms with Gasteiger partial charge in [-0.15, -0.1) is 11.3 Å². The van der Waals surface area contributed by atoms with E-state index in [1.807, 2.05) is 66.7 Å². The molecule has 4 aromatic rings. The van der Waals surface area contributed by atoms with Gasteiger partial charge in [0.2, 0.25) is 0 Å². The molecule has 0 fully saturated rings. The Kier molecular flexibility index (Phi) is 10.9. The summed E-state index contributed by atoms with van der Waals surface area (Å²) < 4.78 is 24.8. The van der Waals surface area contributed by atoms with Gasteiger partial charge in [-0.2, -0.15) is 0 Å². The fraction of sp³-hybridized carbons (Fsp3) is 0.368. The maximum absolute atomic E-state index is 13.3. The lowest BCUT2D eigenvalue weighted by atomic mass is 9.92. The van der Waals surface area contributed by atoms with Crippen LogP contribution in [0.1, 0.15) is 95.2 Å². The number of hydrogen-bond donors (Lipinski definition) is 0. The van der Waals surface area contributed by atoms with Crippen LogP contribution >= 0.6 is 11.3 Å². The molecule has 248 valence electrons. The Morgan fingerprint density at radius 2 is 1.60 bits per heavy atom. The van der Waals surface area contributed by atoms with Gasteiger partial charge in [-0.1, -0.05) is 25.6 Å². The molecular formula is C38H44N2O6S. The van der Waals surface area contributed by atoms with Crippen molar-refractivity contribution in [2.45, 2.75) is 91.1 Å². The highest BCUT2D eigenvalue weighted by atomic mass is 32.1. The monoisotopic (exact) mass is 656 g/mol. The Balaban J connectivity index is 1.62. The normalized spacial score (nSPS) is 12.9. The Bertz CT molecular complexity index is 1720. The van der Waals surface area contributed by atoms with Gasteiger partial charge in [-0.25, -0.2) is 14.6 Å². The molecule has 8 nitrogen and oxygen atoms in total. The minimum Gasteiger partial charge on any atom is -0.488 e. The summed E-state index contributed by atoms with van der Waals surface area (Å²) >= 11 is 1.62. The van der Waals surface area contributed by atoms with Crippen molar-refractivity contribution in [3.05, 3.63) is 95.5 Å². The Morgan fingerprint density at radius 3 is 2.23 bits per heavy atom. The third kappa shape index (κ3) is 10.2. The molecule has 0 saturated carbocycles. The van der Waals surface area contributed by atoms with Crippen molar-refractivity contribution in [2.24, 2.45) is 4.99 Å². The lowest BCUT2D eigenvalue weighted by molar-refractivity contribution is -0.154. The van der Waals surface area contributed by atoms with Gasteiger partial charge in [-0.05, 0) is 109 Å². The van der Waals surface area contributed by atoms with Gasteiger partial charge in [0.1, 0.15) is 45.1 Å². The molecule has 0 spiro atoms. The summed E-state index contributed by atoms with van der Waals surface area (Å²) in [5.41, 5.74) is 0.00925. The van der Waals surface area contributed by atoms with Crippen LogP contribution in [0.4, 0.5) is 0 Å². The molecule has 1 heterocycles. The SMILES string of the molecule is C=CC(=O)OC(C)(C)CC(C)(C)Oc1ccc(OC(=O)c2ccc(OC(C)(C)C)cc2)c(/C=N/C(CC)c2nc3ccccc3s2)c1. The minimum atomic E-state index is -0.798. The molecule has 0 radical (unpaired) electrons. The number of ether oxygens (including phenoxy) is 4. The molecule has 1 atom stereocenters. The van der Waals surface area contributed by atoms with Gasteiger partial charge >= 0.3 is 11.9 Å². The number of para-hydroxylation sites is 1. The van der Waals surface area contributed by atoms with E-state index < -0.39 is 23.1 Å². The molecule has 4 rings (SSSR count). The molecule has 47 heavy (non-hydrogen) atoms. The second-order valence-electron chi connectivity index (χ2n) is 13.5. The molecule has 9 heteroatoms. The number of nitrogens with zero attached hydrogens (tertiary/aromatic N) is 2. The summed E-state index contributed by atoms with van der Waals surface area (Å²) in [7, 11) is 0. The maximum atomic E-state index is 13.3. The average Bonchev–Trinajstić information content (AvgIpc) is 3.41. The Hall–Kier alpha value is -4.50. The number of aromatic nitrogens is 1. The molecule has 1 unspecified atom stereocenters. The third-order valence-corrected chi connectivity index (χ3v) is 8.00. The van der Waals surface area contributed by atoms with E-state index in [0.717, 1.165) is 27.7 Å². The second kappa shape index (κ2) is 14.5. The van der Waals surface area contributed by atoms with Crippen LogP contribution in [-0.4, -0.2) is 39.9 Å². The third-order valence-electron chi connectivity index (χ3n) is 6.86. The van der Waals surface area contributed by atoms with Crippen LogP contribution in [-0.2, 0) is 9.53 Å². The lowest BCUT2D eigenvalue weighted by Crippen LogP contribution is -2.40. The number of benzene rings is 3. The van der Waals surface area contributed by atoms with E-state index >= 15 is 0 Å². The van der Waals surface area contributed by atoms with E-state index in [9.17, 15) is 9.59 Å². The van der Waals surface area contributed by atoms with Crippen LogP contribution in [0.15, 0.2) is 84.4 Å². The van der Waals surface area contributed by atoms with Crippen molar-refractivity contribution >= 4 is 39.7 Å². The smallest absolute Gasteiger partial charge is 0.343 e. The average molecular weight is 657 g/mol. The molecule has 1 aromatic heterocycles. The van der Waals surface area contributed by atoms with Crippen LogP contribution in [0.25, 0.3) is 10.2 Å².